The zero-order chi connectivity index (χ0) is 15.2. The maximum Gasteiger partial charge on any atom is 0.226 e. The third kappa shape index (κ3) is 4.47. The monoisotopic (exact) mass is 282 g/mol. The SMILES string of the molecule is CCCC1(C(=O)NCC(C(C)C)C(C)C)CCNCC1. The lowest BCUT2D eigenvalue weighted by molar-refractivity contribution is -0.133. The largest absolute Gasteiger partial charge is 0.355 e. The van der Waals surface area contributed by atoms with Crippen molar-refractivity contribution in [3.05, 3.63) is 0 Å². The van der Waals surface area contributed by atoms with E-state index in [9.17, 15) is 4.79 Å². The normalized spacial score (nSPS) is 18.8. The molecule has 0 radical (unpaired) electrons. The van der Waals surface area contributed by atoms with Gasteiger partial charge in [0, 0.05) is 6.54 Å². The summed E-state index contributed by atoms with van der Waals surface area (Å²) in [5.74, 6) is 2.10. The Morgan fingerprint density at radius 2 is 1.70 bits per heavy atom. The molecule has 118 valence electrons. The van der Waals surface area contributed by atoms with Gasteiger partial charge in [0.15, 0.2) is 0 Å². The van der Waals surface area contributed by atoms with E-state index in [1.807, 2.05) is 0 Å². The number of piperidine rings is 1. The molecule has 0 spiro atoms. The van der Waals surface area contributed by atoms with Crippen LogP contribution in [0.25, 0.3) is 0 Å². The van der Waals surface area contributed by atoms with Crippen molar-refractivity contribution >= 4 is 5.91 Å². The molecule has 2 N–H and O–H groups in total. The maximum atomic E-state index is 12.7. The van der Waals surface area contributed by atoms with Crippen LogP contribution in [0, 0.1) is 23.2 Å². The molecule has 1 fully saturated rings. The fraction of sp³-hybridized carbons (Fsp3) is 0.941. The Morgan fingerprint density at radius 3 is 2.15 bits per heavy atom. The van der Waals surface area contributed by atoms with Gasteiger partial charge in [-0.15, -0.1) is 0 Å². The van der Waals surface area contributed by atoms with Gasteiger partial charge >= 0.3 is 0 Å². The minimum Gasteiger partial charge on any atom is -0.355 e. The lowest BCUT2D eigenvalue weighted by Gasteiger charge is -2.37. The average molecular weight is 282 g/mol. The van der Waals surface area contributed by atoms with Crippen LogP contribution in [0.4, 0.5) is 0 Å². The van der Waals surface area contributed by atoms with Crippen molar-refractivity contribution < 1.29 is 4.79 Å². The van der Waals surface area contributed by atoms with Gasteiger partial charge in [0.1, 0.15) is 0 Å². The summed E-state index contributed by atoms with van der Waals surface area (Å²) in [6.07, 6.45) is 4.08. The van der Waals surface area contributed by atoms with Crippen LogP contribution in [-0.2, 0) is 4.79 Å². The van der Waals surface area contributed by atoms with Crippen LogP contribution in [0.2, 0.25) is 0 Å². The highest BCUT2D eigenvalue weighted by Crippen LogP contribution is 2.34. The molecule has 0 atom stereocenters. The van der Waals surface area contributed by atoms with E-state index in [1.165, 1.54) is 0 Å². The molecule has 1 saturated heterocycles. The van der Waals surface area contributed by atoms with E-state index >= 15 is 0 Å². The van der Waals surface area contributed by atoms with Crippen molar-refractivity contribution in [1.29, 1.82) is 0 Å². The Balaban J connectivity index is 2.62. The van der Waals surface area contributed by atoms with E-state index in [4.69, 9.17) is 0 Å². The van der Waals surface area contributed by atoms with Crippen molar-refractivity contribution in [2.75, 3.05) is 19.6 Å². The molecule has 0 aromatic rings. The van der Waals surface area contributed by atoms with Gasteiger partial charge in [-0.25, -0.2) is 0 Å². The van der Waals surface area contributed by atoms with Crippen LogP contribution in [0.3, 0.4) is 0 Å². The van der Waals surface area contributed by atoms with E-state index < -0.39 is 0 Å². The van der Waals surface area contributed by atoms with Gasteiger partial charge in [-0.1, -0.05) is 41.0 Å². The molecule has 1 rings (SSSR count). The average Bonchev–Trinajstić information content (AvgIpc) is 2.39. The number of nitrogens with one attached hydrogen (secondary N) is 2. The van der Waals surface area contributed by atoms with Crippen LogP contribution < -0.4 is 10.6 Å². The third-order valence-corrected chi connectivity index (χ3v) is 4.98. The summed E-state index contributed by atoms with van der Waals surface area (Å²) in [5.41, 5.74) is -0.113. The van der Waals surface area contributed by atoms with E-state index in [0.29, 0.717) is 23.7 Å². The Labute approximate surface area is 125 Å². The second kappa shape index (κ2) is 8.02. The summed E-state index contributed by atoms with van der Waals surface area (Å²) in [4.78, 5) is 12.7. The standard InChI is InChI=1S/C17H34N2O/c1-6-7-17(8-10-18-11-9-17)16(20)19-12-15(13(2)3)14(4)5/h13-15,18H,6-12H2,1-5H3,(H,19,20). The van der Waals surface area contributed by atoms with Crippen LogP contribution in [0.15, 0.2) is 0 Å². The predicted molar refractivity (Wildman–Crippen MR) is 85.6 cm³/mol. The summed E-state index contributed by atoms with van der Waals surface area (Å²) in [7, 11) is 0. The predicted octanol–water partition coefficient (Wildman–Crippen LogP) is 3.20. The Bertz CT molecular complexity index is 280. The number of rotatable bonds is 7. The summed E-state index contributed by atoms with van der Waals surface area (Å²) in [6, 6.07) is 0. The summed E-state index contributed by atoms with van der Waals surface area (Å²) >= 11 is 0. The first-order valence-corrected chi connectivity index (χ1v) is 8.42. The molecule has 0 aliphatic carbocycles. The first-order valence-electron chi connectivity index (χ1n) is 8.42. The zero-order valence-electron chi connectivity index (χ0n) is 14.1. The molecule has 0 aromatic heterocycles. The van der Waals surface area contributed by atoms with Gasteiger partial charge in [0.05, 0.1) is 5.41 Å². The minimum absolute atomic E-state index is 0.113. The third-order valence-electron chi connectivity index (χ3n) is 4.98. The number of amides is 1. The second-order valence-corrected chi connectivity index (χ2v) is 7.14. The molecular formula is C17H34N2O. The lowest BCUT2D eigenvalue weighted by Crippen LogP contribution is -2.49. The molecule has 3 heteroatoms. The smallest absolute Gasteiger partial charge is 0.226 e. The van der Waals surface area contributed by atoms with E-state index in [0.717, 1.165) is 45.3 Å². The molecule has 1 amide bonds. The second-order valence-electron chi connectivity index (χ2n) is 7.14. The Kier molecular flexibility index (Phi) is 7.01. The topological polar surface area (TPSA) is 41.1 Å². The first-order chi connectivity index (χ1) is 9.43. The molecular weight excluding hydrogens is 248 g/mol. The minimum atomic E-state index is -0.113. The van der Waals surface area contributed by atoms with Crippen molar-refractivity contribution in [3.63, 3.8) is 0 Å². The molecule has 0 aromatic carbocycles. The van der Waals surface area contributed by atoms with Crippen molar-refractivity contribution in [2.24, 2.45) is 23.2 Å². The quantitative estimate of drug-likeness (QED) is 0.753. The number of hydrogen-bond acceptors (Lipinski definition) is 2. The van der Waals surface area contributed by atoms with Crippen LogP contribution >= 0.6 is 0 Å². The van der Waals surface area contributed by atoms with Crippen molar-refractivity contribution in [1.82, 2.24) is 10.6 Å². The fourth-order valence-corrected chi connectivity index (χ4v) is 3.61. The molecule has 0 bridgehead atoms. The Hall–Kier alpha value is -0.570. The molecule has 1 aliphatic rings. The van der Waals surface area contributed by atoms with E-state index in [2.05, 4.69) is 45.3 Å². The molecule has 1 heterocycles. The van der Waals surface area contributed by atoms with E-state index in [1.54, 1.807) is 0 Å². The van der Waals surface area contributed by atoms with Gasteiger partial charge in [0.2, 0.25) is 5.91 Å². The highest BCUT2D eigenvalue weighted by Gasteiger charge is 2.38. The summed E-state index contributed by atoms with van der Waals surface area (Å²) in [5, 5.41) is 6.65. The molecule has 3 nitrogen and oxygen atoms in total. The molecule has 0 saturated carbocycles. The molecule has 0 unspecified atom stereocenters. The first kappa shape index (κ1) is 17.5. The fourth-order valence-electron chi connectivity index (χ4n) is 3.61. The van der Waals surface area contributed by atoms with Crippen molar-refractivity contribution in [2.45, 2.75) is 60.3 Å². The molecule has 1 aliphatic heterocycles. The maximum absolute atomic E-state index is 12.7. The zero-order valence-corrected chi connectivity index (χ0v) is 14.1. The summed E-state index contributed by atoms with van der Waals surface area (Å²) in [6.45, 7) is 14.0. The highest BCUT2D eigenvalue weighted by atomic mass is 16.2. The van der Waals surface area contributed by atoms with Crippen LogP contribution in [0.1, 0.15) is 60.3 Å². The number of hydrogen-bond donors (Lipinski definition) is 2. The number of carbonyl (C=O) groups excluding carboxylic acids is 1. The van der Waals surface area contributed by atoms with Crippen LogP contribution in [0.5, 0.6) is 0 Å². The van der Waals surface area contributed by atoms with Gasteiger partial charge < -0.3 is 10.6 Å². The lowest BCUT2D eigenvalue weighted by atomic mass is 9.74. The van der Waals surface area contributed by atoms with Crippen molar-refractivity contribution in [3.8, 4) is 0 Å². The highest BCUT2D eigenvalue weighted by molar-refractivity contribution is 5.82. The van der Waals surface area contributed by atoms with Crippen LogP contribution in [-0.4, -0.2) is 25.5 Å². The van der Waals surface area contributed by atoms with E-state index in [-0.39, 0.29) is 5.41 Å². The van der Waals surface area contributed by atoms with Gasteiger partial charge in [-0.05, 0) is 50.1 Å². The Morgan fingerprint density at radius 1 is 1.15 bits per heavy atom. The number of carbonyl (C=O) groups is 1. The van der Waals surface area contributed by atoms with Gasteiger partial charge in [0.25, 0.3) is 0 Å². The van der Waals surface area contributed by atoms with Gasteiger partial charge in [-0.3, -0.25) is 4.79 Å². The summed E-state index contributed by atoms with van der Waals surface area (Å²) < 4.78 is 0. The van der Waals surface area contributed by atoms with Gasteiger partial charge in [-0.2, -0.15) is 0 Å². The molecule has 20 heavy (non-hydrogen) atoms.